The molecule has 0 aromatic carbocycles. The maximum Gasteiger partial charge on any atom is 0.323 e. The summed E-state index contributed by atoms with van der Waals surface area (Å²) in [5.41, 5.74) is 2.37. The molecule has 0 bridgehead atoms. The second-order valence-corrected chi connectivity index (χ2v) is 3.88. The van der Waals surface area contributed by atoms with Crippen LogP contribution in [0.2, 0.25) is 0 Å². The highest BCUT2D eigenvalue weighted by Crippen LogP contribution is 2.13. The number of nitrogen functional groups attached to an aromatic ring is 1. The molecule has 1 heterocycles. The van der Waals surface area contributed by atoms with E-state index in [1.54, 1.807) is 11.8 Å². The van der Waals surface area contributed by atoms with Gasteiger partial charge in [0.1, 0.15) is 0 Å². The fraction of sp³-hybridized carbons (Fsp3) is 0.700. The van der Waals surface area contributed by atoms with Crippen LogP contribution in [0, 0.1) is 0 Å². The van der Waals surface area contributed by atoms with Crippen molar-refractivity contribution in [3.05, 3.63) is 0 Å². The Hall–Kier alpha value is -1.67. The molecule has 0 amide bonds. The molecule has 1 aromatic heterocycles. The van der Waals surface area contributed by atoms with Gasteiger partial charge in [-0.3, -0.25) is 5.43 Å². The highest BCUT2D eigenvalue weighted by atomic mass is 16.5. The molecular formula is C10H20N6O2. The average molecular weight is 256 g/mol. The first-order valence-corrected chi connectivity index (χ1v) is 5.81. The smallest absolute Gasteiger partial charge is 0.323 e. The SMILES string of the molecule is CCOc1nc(NN)nc(N(C)CCC(C)O)n1. The molecule has 1 rings (SSSR count). The van der Waals surface area contributed by atoms with Gasteiger partial charge in [-0.05, 0) is 20.3 Å². The van der Waals surface area contributed by atoms with E-state index in [9.17, 15) is 5.11 Å². The summed E-state index contributed by atoms with van der Waals surface area (Å²) in [7, 11) is 1.83. The van der Waals surface area contributed by atoms with Gasteiger partial charge < -0.3 is 14.7 Å². The van der Waals surface area contributed by atoms with Crippen LogP contribution in [0.5, 0.6) is 6.01 Å². The number of anilines is 2. The van der Waals surface area contributed by atoms with Crippen molar-refractivity contribution in [3.63, 3.8) is 0 Å². The van der Waals surface area contributed by atoms with Gasteiger partial charge in [-0.1, -0.05) is 0 Å². The highest BCUT2D eigenvalue weighted by Gasteiger charge is 2.11. The molecule has 1 unspecified atom stereocenters. The molecule has 0 aliphatic carbocycles. The van der Waals surface area contributed by atoms with Gasteiger partial charge in [0.25, 0.3) is 0 Å². The molecule has 1 aromatic rings. The molecule has 102 valence electrons. The maximum atomic E-state index is 9.25. The standard InChI is InChI=1S/C10H20N6O2/c1-4-18-10-13-8(15-11)12-9(14-10)16(3)6-5-7(2)17/h7,17H,4-6,11H2,1-3H3,(H,12,13,14,15). The number of aliphatic hydroxyl groups is 1. The van der Waals surface area contributed by atoms with E-state index in [1.807, 2.05) is 14.0 Å². The molecular weight excluding hydrogens is 236 g/mol. The molecule has 0 aliphatic heterocycles. The minimum atomic E-state index is -0.368. The summed E-state index contributed by atoms with van der Waals surface area (Å²) >= 11 is 0. The van der Waals surface area contributed by atoms with Crippen molar-refractivity contribution < 1.29 is 9.84 Å². The van der Waals surface area contributed by atoms with Crippen LogP contribution in [0.1, 0.15) is 20.3 Å². The van der Waals surface area contributed by atoms with E-state index >= 15 is 0 Å². The van der Waals surface area contributed by atoms with Gasteiger partial charge in [0.2, 0.25) is 11.9 Å². The van der Waals surface area contributed by atoms with Gasteiger partial charge in [0.05, 0.1) is 12.7 Å². The quantitative estimate of drug-likeness (QED) is 0.453. The Labute approximate surface area is 106 Å². The molecule has 0 fully saturated rings. The number of hydrazine groups is 1. The van der Waals surface area contributed by atoms with E-state index < -0.39 is 0 Å². The van der Waals surface area contributed by atoms with Crippen molar-refractivity contribution in [2.24, 2.45) is 5.84 Å². The normalized spacial score (nSPS) is 12.1. The minimum absolute atomic E-state index is 0.222. The third-order valence-electron chi connectivity index (χ3n) is 2.23. The van der Waals surface area contributed by atoms with Crippen molar-refractivity contribution in [2.45, 2.75) is 26.4 Å². The van der Waals surface area contributed by atoms with Gasteiger partial charge in [0, 0.05) is 13.6 Å². The minimum Gasteiger partial charge on any atom is -0.464 e. The molecule has 0 aliphatic rings. The summed E-state index contributed by atoms with van der Waals surface area (Å²) in [6.45, 7) is 4.66. The number of aliphatic hydroxyl groups excluding tert-OH is 1. The van der Waals surface area contributed by atoms with Crippen molar-refractivity contribution in [1.82, 2.24) is 15.0 Å². The van der Waals surface area contributed by atoms with Crippen molar-refractivity contribution in [3.8, 4) is 6.01 Å². The molecule has 0 saturated carbocycles. The highest BCUT2D eigenvalue weighted by molar-refractivity contribution is 5.36. The van der Waals surface area contributed by atoms with E-state index in [0.717, 1.165) is 0 Å². The predicted octanol–water partition coefficient (Wildman–Crippen LogP) is -0.237. The number of nitrogens with two attached hydrogens (primary N) is 1. The predicted molar refractivity (Wildman–Crippen MR) is 68.4 cm³/mol. The van der Waals surface area contributed by atoms with Crippen LogP contribution < -0.4 is 20.9 Å². The summed E-state index contributed by atoms with van der Waals surface area (Å²) < 4.78 is 5.23. The molecule has 0 saturated heterocycles. The first-order chi connectivity index (χ1) is 8.56. The zero-order valence-electron chi connectivity index (χ0n) is 10.9. The van der Waals surface area contributed by atoms with E-state index in [2.05, 4.69) is 20.4 Å². The van der Waals surface area contributed by atoms with Crippen molar-refractivity contribution >= 4 is 11.9 Å². The average Bonchev–Trinajstić information content (AvgIpc) is 2.35. The van der Waals surface area contributed by atoms with Crippen LogP contribution in [0.3, 0.4) is 0 Å². The van der Waals surface area contributed by atoms with Gasteiger partial charge in [-0.2, -0.15) is 15.0 Å². The number of ether oxygens (including phenoxy) is 1. The fourth-order valence-corrected chi connectivity index (χ4v) is 1.26. The Balaban J connectivity index is 2.82. The third-order valence-corrected chi connectivity index (χ3v) is 2.23. The Kier molecular flexibility index (Phi) is 5.53. The number of rotatable bonds is 7. The molecule has 18 heavy (non-hydrogen) atoms. The lowest BCUT2D eigenvalue weighted by atomic mass is 10.3. The Morgan fingerprint density at radius 3 is 2.72 bits per heavy atom. The summed E-state index contributed by atoms with van der Waals surface area (Å²) in [4.78, 5) is 14.0. The summed E-state index contributed by atoms with van der Waals surface area (Å²) in [6, 6.07) is 0.222. The topological polar surface area (TPSA) is 109 Å². The molecule has 8 nitrogen and oxygen atoms in total. The van der Waals surface area contributed by atoms with E-state index in [4.69, 9.17) is 10.6 Å². The Morgan fingerprint density at radius 2 is 2.17 bits per heavy atom. The van der Waals surface area contributed by atoms with E-state index in [-0.39, 0.29) is 18.1 Å². The Bertz CT molecular complexity index is 373. The lowest BCUT2D eigenvalue weighted by molar-refractivity contribution is 0.186. The number of nitrogens with zero attached hydrogens (tertiary/aromatic N) is 4. The molecule has 0 radical (unpaired) electrons. The first kappa shape index (κ1) is 14.4. The summed E-state index contributed by atoms with van der Waals surface area (Å²) in [5, 5.41) is 9.25. The van der Waals surface area contributed by atoms with Crippen LogP contribution >= 0.6 is 0 Å². The van der Waals surface area contributed by atoms with Crippen molar-refractivity contribution in [2.75, 3.05) is 30.5 Å². The number of aromatic nitrogens is 3. The van der Waals surface area contributed by atoms with E-state index in [0.29, 0.717) is 25.5 Å². The van der Waals surface area contributed by atoms with Gasteiger partial charge in [-0.15, -0.1) is 0 Å². The van der Waals surface area contributed by atoms with Crippen LogP contribution in [0.15, 0.2) is 0 Å². The summed E-state index contributed by atoms with van der Waals surface area (Å²) in [5.74, 6) is 5.98. The fourth-order valence-electron chi connectivity index (χ4n) is 1.26. The zero-order valence-corrected chi connectivity index (χ0v) is 10.9. The largest absolute Gasteiger partial charge is 0.464 e. The molecule has 4 N–H and O–H groups in total. The number of nitrogens with one attached hydrogen (secondary N) is 1. The molecule has 0 spiro atoms. The molecule has 8 heteroatoms. The third kappa shape index (κ3) is 4.30. The van der Waals surface area contributed by atoms with Crippen molar-refractivity contribution in [1.29, 1.82) is 0 Å². The lowest BCUT2D eigenvalue weighted by Crippen LogP contribution is -2.25. The first-order valence-electron chi connectivity index (χ1n) is 5.81. The number of hydrogen-bond acceptors (Lipinski definition) is 8. The maximum absolute atomic E-state index is 9.25. The van der Waals surface area contributed by atoms with Crippen LogP contribution in [-0.4, -0.2) is 46.4 Å². The van der Waals surface area contributed by atoms with Gasteiger partial charge in [-0.25, -0.2) is 5.84 Å². The van der Waals surface area contributed by atoms with Gasteiger partial charge >= 0.3 is 6.01 Å². The summed E-state index contributed by atoms with van der Waals surface area (Å²) in [6.07, 6.45) is 0.255. The van der Waals surface area contributed by atoms with Gasteiger partial charge in [0.15, 0.2) is 0 Å². The number of hydrogen-bond donors (Lipinski definition) is 3. The Morgan fingerprint density at radius 1 is 1.44 bits per heavy atom. The second kappa shape index (κ2) is 6.92. The van der Waals surface area contributed by atoms with E-state index in [1.165, 1.54) is 0 Å². The van der Waals surface area contributed by atoms with Crippen LogP contribution in [0.25, 0.3) is 0 Å². The lowest BCUT2D eigenvalue weighted by Gasteiger charge is -2.18. The zero-order chi connectivity index (χ0) is 13.5. The monoisotopic (exact) mass is 256 g/mol. The van der Waals surface area contributed by atoms with Crippen LogP contribution in [0.4, 0.5) is 11.9 Å². The molecule has 1 atom stereocenters. The second-order valence-electron chi connectivity index (χ2n) is 3.88. The van der Waals surface area contributed by atoms with Crippen LogP contribution in [-0.2, 0) is 0 Å².